The summed E-state index contributed by atoms with van der Waals surface area (Å²) < 4.78 is 0. The molecule has 0 radical (unpaired) electrons. The van der Waals surface area contributed by atoms with Gasteiger partial charge in [-0.05, 0) is 18.3 Å². The number of hydrogen-bond acceptors (Lipinski definition) is 2. The van der Waals surface area contributed by atoms with Crippen LogP contribution in [0, 0.1) is 5.41 Å². The molecule has 1 unspecified atom stereocenters. The summed E-state index contributed by atoms with van der Waals surface area (Å²) in [6.07, 6.45) is 9.12. The van der Waals surface area contributed by atoms with Crippen LogP contribution in [0.2, 0.25) is 0 Å². The van der Waals surface area contributed by atoms with Crippen LogP contribution >= 0.6 is 0 Å². The largest absolute Gasteiger partial charge is 0.271 e. The fourth-order valence-corrected chi connectivity index (χ4v) is 1.98. The van der Waals surface area contributed by atoms with Crippen molar-refractivity contribution in [1.29, 1.82) is 0 Å². The minimum Gasteiger partial charge on any atom is -0.271 e. The van der Waals surface area contributed by atoms with E-state index in [1.807, 2.05) is 0 Å². The van der Waals surface area contributed by atoms with Crippen molar-refractivity contribution in [1.82, 2.24) is 5.43 Å². The Morgan fingerprint density at radius 1 is 1.07 bits per heavy atom. The van der Waals surface area contributed by atoms with Crippen LogP contribution in [0.5, 0.6) is 0 Å². The summed E-state index contributed by atoms with van der Waals surface area (Å²) >= 11 is 0. The van der Waals surface area contributed by atoms with Crippen molar-refractivity contribution in [2.75, 3.05) is 0 Å². The van der Waals surface area contributed by atoms with Gasteiger partial charge in [0.25, 0.3) is 0 Å². The van der Waals surface area contributed by atoms with E-state index in [4.69, 9.17) is 5.84 Å². The minimum absolute atomic E-state index is 0.375. The van der Waals surface area contributed by atoms with E-state index >= 15 is 0 Å². The third kappa shape index (κ3) is 10.2. The van der Waals surface area contributed by atoms with E-state index in [0.717, 1.165) is 6.42 Å². The SMILES string of the molecule is CCCCCCCC(CC(C)(C)C)NN. The standard InChI is InChI=1S/C13H30N2/c1-5-6-7-8-9-10-12(15-14)11-13(2,3)4/h12,15H,5-11,14H2,1-4H3. The van der Waals surface area contributed by atoms with Gasteiger partial charge in [0, 0.05) is 6.04 Å². The highest BCUT2D eigenvalue weighted by atomic mass is 15.2. The van der Waals surface area contributed by atoms with Crippen molar-refractivity contribution in [2.45, 2.75) is 78.7 Å². The molecule has 2 nitrogen and oxygen atoms in total. The average Bonchev–Trinajstić information content (AvgIpc) is 2.14. The molecule has 0 heterocycles. The molecule has 0 aromatic heterocycles. The van der Waals surface area contributed by atoms with Crippen molar-refractivity contribution in [3.05, 3.63) is 0 Å². The lowest BCUT2D eigenvalue weighted by atomic mass is 9.86. The fourth-order valence-electron chi connectivity index (χ4n) is 1.98. The normalized spacial score (nSPS) is 14.2. The molecule has 15 heavy (non-hydrogen) atoms. The first-order valence-corrected chi connectivity index (χ1v) is 6.45. The Balaban J connectivity index is 3.53. The van der Waals surface area contributed by atoms with Crippen LogP contribution in [0.25, 0.3) is 0 Å². The third-order valence-electron chi connectivity index (χ3n) is 2.75. The van der Waals surface area contributed by atoms with E-state index < -0.39 is 0 Å². The molecule has 3 N–H and O–H groups in total. The fraction of sp³-hybridized carbons (Fsp3) is 1.00. The highest BCUT2D eigenvalue weighted by Gasteiger charge is 2.16. The summed E-state index contributed by atoms with van der Waals surface area (Å²) in [5.41, 5.74) is 3.32. The Kier molecular flexibility index (Phi) is 8.07. The molecule has 0 saturated heterocycles. The predicted octanol–water partition coefficient (Wildman–Crippen LogP) is 3.62. The molecule has 0 fully saturated rings. The van der Waals surface area contributed by atoms with Crippen LogP contribution in [-0.2, 0) is 0 Å². The van der Waals surface area contributed by atoms with Crippen molar-refractivity contribution in [3.8, 4) is 0 Å². The van der Waals surface area contributed by atoms with Crippen LogP contribution in [0.4, 0.5) is 0 Å². The van der Waals surface area contributed by atoms with E-state index in [9.17, 15) is 0 Å². The Morgan fingerprint density at radius 3 is 2.13 bits per heavy atom. The van der Waals surface area contributed by atoms with Gasteiger partial charge < -0.3 is 0 Å². The Labute approximate surface area is 96.0 Å². The van der Waals surface area contributed by atoms with Crippen molar-refractivity contribution in [3.63, 3.8) is 0 Å². The van der Waals surface area contributed by atoms with Gasteiger partial charge in [-0.1, -0.05) is 59.8 Å². The zero-order valence-electron chi connectivity index (χ0n) is 11.1. The van der Waals surface area contributed by atoms with Gasteiger partial charge in [-0.2, -0.15) is 0 Å². The van der Waals surface area contributed by atoms with Crippen molar-refractivity contribution in [2.24, 2.45) is 11.3 Å². The summed E-state index contributed by atoms with van der Waals surface area (Å²) in [6, 6.07) is 0.492. The third-order valence-corrected chi connectivity index (χ3v) is 2.75. The van der Waals surface area contributed by atoms with E-state index in [-0.39, 0.29) is 0 Å². The van der Waals surface area contributed by atoms with Gasteiger partial charge in [0.1, 0.15) is 0 Å². The van der Waals surface area contributed by atoms with Crippen LogP contribution in [0.15, 0.2) is 0 Å². The zero-order chi connectivity index (χ0) is 11.7. The van der Waals surface area contributed by atoms with E-state index in [1.54, 1.807) is 0 Å². The van der Waals surface area contributed by atoms with Gasteiger partial charge in [-0.3, -0.25) is 11.3 Å². The molecule has 0 aliphatic heterocycles. The molecule has 2 heteroatoms. The quantitative estimate of drug-likeness (QED) is 0.368. The number of rotatable bonds is 8. The Bertz CT molecular complexity index is 138. The van der Waals surface area contributed by atoms with E-state index in [1.165, 1.54) is 38.5 Å². The first-order chi connectivity index (χ1) is 6.99. The summed E-state index contributed by atoms with van der Waals surface area (Å²) in [4.78, 5) is 0. The molecule has 0 aromatic rings. The maximum Gasteiger partial charge on any atom is 0.0215 e. The van der Waals surface area contributed by atoms with E-state index in [0.29, 0.717) is 11.5 Å². The Hall–Kier alpha value is -0.0800. The summed E-state index contributed by atoms with van der Waals surface area (Å²) in [6.45, 7) is 9.07. The van der Waals surface area contributed by atoms with Crippen LogP contribution in [0.1, 0.15) is 72.6 Å². The topological polar surface area (TPSA) is 38.0 Å². The second kappa shape index (κ2) is 8.12. The smallest absolute Gasteiger partial charge is 0.0215 e. The molecule has 0 amide bonds. The van der Waals surface area contributed by atoms with Gasteiger partial charge in [0.15, 0.2) is 0 Å². The molecule has 1 atom stereocenters. The van der Waals surface area contributed by atoms with Crippen molar-refractivity contribution >= 4 is 0 Å². The molecule has 0 aliphatic rings. The lowest BCUT2D eigenvalue weighted by Crippen LogP contribution is -2.37. The second-order valence-electron chi connectivity index (χ2n) is 5.83. The number of nitrogens with two attached hydrogens (primary N) is 1. The summed E-state index contributed by atoms with van der Waals surface area (Å²) in [7, 11) is 0. The van der Waals surface area contributed by atoms with Gasteiger partial charge in [-0.15, -0.1) is 0 Å². The summed E-state index contributed by atoms with van der Waals surface area (Å²) in [5.74, 6) is 5.57. The molecule has 0 spiro atoms. The molecule has 0 aromatic carbocycles. The maximum absolute atomic E-state index is 5.57. The lowest BCUT2D eigenvalue weighted by Gasteiger charge is -2.25. The van der Waals surface area contributed by atoms with E-state index in [2.05, 4.69) is 33.1 Å². The highest BCUT2D eigenvalue weighted by Crippen LogP contribution is 2.22. The molecule has 0 bridgehead atoms. The minimum atomic E-state index is 0.375. The van der Waals surface area contributed by atoms with Crippen LogP contribution < -0.4 is 11.3 Å². The second-order valence-corrected chi connectivity index (χ2v) is 5.83. The van der Waals surface area contributed by atoms with Gasteiger partial charge >= 0.3 is 0 Å². The molecular weight excluding hydrogens is 184 g/mol. The molecule has 0 rings (SSSR count). The monoisotopic (exact) mass is 214 g/mol. The molecule has 92 valence electrons. The highest BCUT2D eigenvalue weighted by molar-refractivity contribution is 4.72. The van der Waals surface area contributed by atoms with Crippen LogP contribution in [-0.4, -0.2) is 6.04 Å². The Morgan fingerprint density at radius 2 is 1.67 bits per heavy atom. The first-order valence-electron chi connectivity index (χ1n) is 6.45. The average molecular weight is 214 g/mol. The lowest BCUT2D eigenvalue weighted by molar-refractivity contribution is 0.295. The van der Waals surface area contributed by atoms with Gasteiger partial charge in [0.05, 0.1) is 0 Å². The first kappa shape index (κ1) is 14.9. The summed E-state index contributed by atoms with van der Waals surface area (Å²) in [5, 5.41) is 0. The van der Waals surface area contributed by atoms with Gasteiger partial charge in [0.2, 0.25) is 0 Å². The number of nitrogens with one attached hydrogen (secondary N) is 1. The number of hydrogen-bond donors (Lipinski definition) is 2. The van der Waals surface area contributed by atoms with Crippen molar-refractivity contribution < 1.29 is 0 Å². The molecular formula is C13H30N2. The number of unbranched alkanes of at least 4 members (excludes halogenated alkanes) is 4. The maximum atomic E-state index is 5.57. The van der Waals surface area contributed by atoms with Crippen LogP contribution in [0.3, 0.4) is 0 Å². The molecule has 0 aliphatic carbocycles. The predicted molar refractivity (Wildman–Crippen MR) is 68.6 cm³/mol. The zero-order valence-corrected chi connectivity index (χ0v) is 11.1. The van der Waals surface area contributed by atoms with Gasteiger partial charge in [-0.25, -0.2) is 0 Å². The number of hydrazine groups is 1. The molecule has 0 saturated carbocycles.